The SMILES string of the molecule is Cc1cc(N(C)C)ccc1NC(=O)CNc1ccccc1. The van der Waals surface area contributed by atoms with Gasteiger partial charge in [0, 0.05) is 31.2 Å². The second-order valence-electron chi connectivity index (χ2n) is 5.16. The van der Waals surface area contributed by atoms with Crippen LogP contribution in [0.1, 0.15) is 5.56 Å². The van der Waals surface area contributed by atoms with E-state index in [1.807, 2.05) is 68.4 Å². The molecule has 0 aliphatic heterocycles. The molecule has 0 heterocycles. The van der Waals surface area contributed by atoms with Gasteiger partial charge in [-0.25, -0.2) is 0 Å². The Morgan fingerprint density at radius 3 is 2.43 bits per heavy atom. The Bertz CT molecular complexity index is 609. The average molecular weight is 283 g/mol. The lowest BCUT2D eigenvalue weighted by molar-refractivity contribution is -0.114. The summed E-state index contributed by atoms with van der Waals surface area (Å²) in [4.78, 5) is 14.0. The fourth-order valence-corrected chi connectivity index (χ4v) is 2.00. The molecule has 0 aromatic heterocycles. The largest absolute Gasteiger partial charge is 0.378 e. The number of rotatable bonds is 5. The minimum Gasteiger partial charge on any atom is -0.378 e. The molecular formula is C17H21N3O. The van der Waals surface area contributed by atoms with Gasteiger partial charge in [0.05, 0.1) is 6.54 Å². The zero-order valence-corrected chi connectivity index (χ0v) is 12.7. The van der Waals surface area contributed by atoms with Crippen LogP contribution in [0.2, 0.25) is 0 Å². The van der Waals surface area contributed by atoms with E-state index in [-0.39, 0.29) is 12.5 Å². The van der Waals surface area contributed by atoms with Crippen molar-refractivity contribution >= 4 is 23.0 Å². The number of carbonyl (C=O) groups excluding carboxylic acids is 1. The van der Waals surface area contributed by atoms with Gasteiger partial charge in [0.2, 0.25) is 5.91 Å². The van der Waals surface area contributed by atoms with Crippen molar-refractivity contribution < 1.29 is 4.79 Å². The van der Waals surface area contributed by atoms with Gasteiger partial charge in [-0.3, -0.25) is 4.79 Å². The number of anilines is 3. The average Bonchev–Trinajstić information content (AvgIpc) is 2.48. The highest BCUT2D eigenvalue weighted by atomic mass is 16.1. The molecule has 0 fully saturated rings. The minimum atomic E-state index is -0.0560. The predicted octanol–water partition coefficient (Wildman–Crippen LogP) is 3.11. The number of benzene rings is 2. The molecule has 0 radical (unpaired) electrons. The van der Waals surface area contributed by atoms with E-state index in [1.165, 1.54) is 0 Å². The molecule has 0 bridgehead atoms. The second-order valence-corrected chi connectivity index (χ2v) is 5.16. The molecule has 0 atom stereocenters. The zero-order chi connectivity index (χ0) is 15.2. The van der Waals surface area contributed by atoms with Crippen LogP contribution in [0.25, 0.3) is 0 Å². The summed E-state index contributed by atoms with van der Waals surface area (Å²) < 4.78 is 0. The van der Waals surface area contributed by atoms with Gasteiger partial charge in [0.25, 0.3) is 0 Å². The summed E-state index contributed by atoms with van der Waals surface area (Å²) in [5.41, 5.74) is 3.95. The maximum absolute atomic E-state index is 12.0. The highest BCUT2D eigenvalue weighted by molar-refractivity contribution is 5.94. The van der Waals surface area contributed by atoms with Gasteiger partial charge in [0.15, 0.2) is 0 Å². The van der Waals surface area contributed by atoms with Gasteiger partial charge >= 0.3 is 0 Å². The van der Waals surface area contributed by atoms with Gasteiger partial charge in [-0.2, -0.15) is 0 Å². The molecule has 0 saturated carbocycles. The summed E-state index contributed by atoms with van der Waals surface area (Å²) in [6.45, 7) is 2.24. The molecule has 1 amide bonds. The van der Waals surface area contributed by atoms with Gasteiger partial charge in [-0.05, 0) is 42.8 Å². The number of para-hydroxylation sites is 1. The molecule has 21 heavy (non-hydrogen) atoms. The summed E-state index contributed by atoms with van der Waals surface area (Å²) in [6.07, 6.45) is 0. The Labute approximate surface area is 125 Å². The third kappa shape index (κ3) is 4.24. The molecule has 0 saturated heterocycles. The van der Waals surface area contributed by atoms with E-state index in [0.29, 0.717) is 0 Å². The van der Waals surface area contributed by atoms with Crippen LogP contribution >= 0.6 is 0 Å². The molecule has 4 nitrogen and oxygen atoms in total. The Hall–Kier alpha value is -2.49. The van der Waals surface area contributed by atoms with Crippen molar-refractivity contribution in [2.75, 3.05) is 36.2 Å². The van der Waals surface area contributed by atoms with Gasteiger partial charge in [0.1, 0.15) is 0 Å². The highest BCUT2D eigenvalue weighted by Crippen LogP contribution is 2.21. The number of carbonyl (C=O) groups is 1. The zero-order valence-electron chi connectivity index (χ0n) is 12.7. The topological polar surface area (TPSA) is 44.4 Å². The van der Waals surface area contributed by atoms with Crippen molar-refractivity contribution in [3.63, 3.8) is 0 Å². The molecule has 2 rings (SSSR count). The van der Waals surface area contributed by atoms with Crippen LogP contribution in [0, 0.1) is 6.92 Å². The van der Waals surface area contributed by atoms with E-state index < -0.39 is 0 Å². The van der Waals surface area contributed by atoms with Crippen LogP contribution in [-0.4, -0.2) is 26.5 Å². The molecular weight excluding hydrogens is 262 g/mol. The normalized spacial score (nSPS) is 10.0. The summed E-state index contributed by atoms with van der Waals surface area (Å²) in [5.74, 6) is -0.0560. The molecule has 0 aliphatic carbocycles. The third-order valence-corrected chi connectivity index (χ3v) is 3.23. The molecule has 2 N–H and O–H groups in total. The fraction of sp³-hybridized carbons (Fsp3) is 0.235. The number of amides is 1. The molecule has 2 aromatic carbocycles. The molecule has 4 heteroatoms. The fourth-order valence-electron chi connectivity index (χ4n) is 2.00. The first-order valence-corrected chi connectivity index (χ1v) is 6.93. The Balaban J connectivity index is 1.93. The van der Waals surface area contributed by atoms with Crippen molar-refractivity contribution in [3.05, 3.63) is 54.1 Å². The highest BCUT2D eigenvalue weighted by Gasteiger charge is 2.06. The van der Waals surface area contributed by atoms with Crippen LogP contribution in [0.15, 0.2) is 48.5 Å². The van der Waals surface area contributed by atoms with Crippen molar-refractivity contribution in [2.24, 2.45) is 0 Å². The molecule has 0 unspecified atom stereocenters. The lowest BCUT2D eigenvalue weighted by Gasteiger charge is -2.15. The van der Waals surface area contributed by atoms with Crippen LogP contribution in [0.5, 0.6) is 0 Å². The van der Waals surface area contributed by atoms with E-state index in [2.05, 4.69) is 16.7 Å². The van der Waals surface area contributed by atoms with E-state index in [0.717, 1.165) is 22.6 Å². The van der Waals surface area contributed by atoms with Gasteiger partial charge < -0.3 is 15.5 Å². The van der Waals surface area contributed by atoms with Crippen molar-refractivity contribution in [2.45, 2.75) is 6.92 Å². The number of nitrogens with zero attached hydrogens (tertiary/aromatic N) is 1. The van der Waals surface area contributed by atoms with Crippen molar-refractivity contribution in [3.8, 4) is 0 Å². The van der Waals surface area contributed by atoms with E-state index in [9.17, 15) is 4.79 Å². The second kappa shape index (κ2) is 6.79. The molecule has 0 spiro atoms. The number of nitrogens with one attached hydrogen (secondary N) is 2. The predicted molar refractivity (Wildman–Crippen MR) is 89.1 cm³/mol. The first-order chi connectivity index (χ1) is 10.1. The Morgan fingerprint density at radius 2 is 1.81 bits per heavy atom. The smallest absolute Gasteiger partial charge is 0.243 e. The number of hydrogen-bond donors (Lipinski definition) is 2. The van der Waals surface area contributed by atoms with Gasteiger partial charge in [-0.15, -0.1) is 0 Å². The Kier molecular flexibility index (Phi) is 4.82. The number of hydrogen-bond acceptors (Lipinski definition) is 3. The van der Waals surface area contributed by atoms with E-state index in [1.54, 1.807) is 0 Å². The van der Waals surface area contributed by atoms with Crippen LogP contribution < -0.4 is 15.5 Å². The first-order valence-electron chi connectivity index (χ1n) is 6.93. The summed E-state index contributed by atoms with van der Waals surface area (Å²) in [7, 11) is 3.99. The van der Waals surface area contributed by atoms with Crippen LogP contribution in [0.4, 0.5) is 17.1 Å². The number of aryl methyl sites for hydroxylation is 1. The van der Waals surface area contributed by atoms with E-state index >= 15 is 0 Å². The minimum absolute atomic E-state index is 0.0560. The Morgan fingerprint density at radius 1 is 1.10 bits per heavy atom. The van der Waals surface area contributed by atoms with E-state index in [4.69, 9.17) is 0 Å². The summed E-state index contributed by atoms with van der Waals surface area (Å²) in [6, 6.07) is 15.7. The molecule has 110 valence electrons. The lowest BCUT2D eigenvalue weighted by atomic mass is 10.1. The van der Waals surface area contributed by atoms with Crippen molar-refractivity contribution in [1.82, 2.24) is 0 Å². The third-order valence-electron chi connectivity index (χ3n) is 3.23. The first kappa shape index (κ1) is 14.9. The van der Waals surface area contributed by atoms with Crippen LogP contribution in [0.3, 0.4) is 0 Å². The summed E-state index contributed by atoms with van der Waals surface area (Å²) >= 11 is 0. The van der Waals surface area contributed by atoms with Gasteiger partial charge in [-0.1, -0.05) is 18.2 Å². The quantitative estimate of drug-likeness (QED) is 0.886. The standard InChI is InChI=1S/C17H21N3O/c1-13-11-15(20(2)3)9-10-16(13)19-17(21)12-18-14-7-5-4-6-8-14/h4-11,18H,12H2,1-3H3,(H,19,21). The summed E-state index contributed by atoms with van der Waals surface area (Å²) in [5, 5.41) is 6.02. The molecule has 2 aromatic rings. The van der Waals surface area contributed by atoms with Crippen molar-refractivity contribution in [1.29, 1.82) is 0 Å². The van der Waals surface area contributed by atoms with Crippen LogP contribution in [-0.2, 0) is 4.79 Å². The molecule has 0 aliphatic rings. The lowest BCUT2D eigenvalue weighted by Crippen LogP contribution is -2.22. The monoisotopic (exact) mass is 283 g/mol. The maximum Gasteiger partial charge on any atom is 0.243 e. The maximum atomic E-state index is 12.0.